The molecule has 0 fully saturated rings. The summed E-state index contributed by atoms with van der Waals surface area (Å²) in [6, 6.07) is 2.04. The summed E-state index contributed by atoms with van der Waals surface area (Å²) in [4.78, 5) is 0. The van der Waals surface area contributed by atoms with Crippen LogP contribution >= 0.6 is 11.6 Å². The second-order valence-electron chi connectivity index (χ2n) is 3.46. The number of halogens is 1. The Morgan fingerprint density at radius 1 is 1.45 bits per heavy atom. The van der Waals surface area contributed by atoms with Gasteiger partial charge in [0, 0.05) is 0 Å². The zero-order valence-corrected chi connectivity index (χ0v) is 9.14. The van der Waals surface area contributed by atoms with Crippen LogP contribution in [0.15, 0.2) is 0 Å². The van der Waals surface area contributed by atoms with Crippen molar-refractivity contribution in [2.24, 2.45) is 0 Å². The van der Waals surface area contributed by atoms with E-state index in [-0.39, 0.29) is 5.38 Å². The van der Waals surface area contributed by atoms with Crippen LogP contribution in [0.5, 0.6) is 0 Å². The van der Waals surface area contributed by atoms with Crippen LogP contribution in [0.3, 0.4) is 0 Å². The van der Waals surface area contributed by atoms with Gasteiger partial charge >= 0.3 is 0 Å². The van der Waals surface area contributed by atoms with Gasteiger partial charge in [0.15, 0.2) is 8.32 Å². The Kier molecular flexibility index (Phi) is 4.08. The number of nitrogens with zero attached hydrogens (tertiary/aromatic N) is 1. The van der Waals surface area contributed by atoms with E-state index in [1.165, 1.54) is 0 Å². The molecule has 0 aliphatic carbocycles. The quantitative estimate of drug-likeness (QED) is 0.507. The van der Waals surface area contributed by atoms with Crippen LogP contribution in [0, 0.1) is 11.3 Å². The molecule has 0 radical (unpaired) electrons. The fourth-order valence-corrected chi connectivity index (χ4v) is 1.82. The molecule has 0 saturated heterocycles. The van der Waals surface area contributed by atoms with Gasteiger partial charge in [-0.15, -0.1) is 11.6 Å². The lowest BCUT2D eigenvalue weighted by atomic mass is 10.3. The van der Waals surface area contributed by atoms with Crippen molar-refractivity contribution in [3.05, 3.63) is 0 Å². The first-order chi connectivity index (χ1) is 4.87. The summed E-state index contributed by atoms with van der Waals surface area (Å²) in [5.41, 5.74) is 0. The number of hydrogen-bond donors (Lipinski definition) is 0. The highest BCUT2D eigenvalue weighted by Crippen LogP contribution is 2.12. The van der Waals surface area contributed by atoms with E-state index < -0.39 is 14.4 Å². The second-order valence-corrected chi connectivity index (χ2v) is 8.61. The van der Waals surface area contributed by atoms with Crippen LogP contribution < -0.4 is 0 Å². The molecule has 0 heterocycles. The van der Waals surface area contributed by atoms with Crippen molar-refractivity contribution in [3.63, 3.8) is 0 Å². The van der Waals surface area contributed by atoms with Gasteiger partial charge in [0.05, 0.1) is 11.4 Å². The lowest BCUT2D eigenvalue weighted by Crippen LogP contribution is -2.35. The molecule has 0 aromatic rings. The largest absolute Gasteiger partial charge is 0.401 e. The van der Waals surface area contributed by atoms with E-state index in [2.05, 4.69) is 0 Å². The Labute approximate surface area is 74.2 Å². The normalized spacial score (nSPS) is 17.1. The predicted molar refractivity (Wildman–Crippen MR) is 49.1 cm³/mol. The molecule has 64 valence electrons. The van der Waals surface area contributed by atoms with E-state index in [4.69, 9.17) is 21.3 Å². The Morgan fingerprint density at radius 3 is 2.00 bits per heavy atom. The van der Waals surface area contributed by atoms with Crippen LogP contribution in [0.2, 0.25) is 19.6 Å². The highest BCUT2D eigenvalue weighted by Gasteiger charge is 2.23. The molecule has 0 aliphatic heterocycles. The average Bonchev–Trinajstić information content (AvgIpc) is 1.80. The zero-order valence-electron chi connectivity index (χ0n) is 7.39. The lowest BCUT2D eigenvalue weighted by molar-refractivity contribution is 0.248. The molecule has 4 heteroatoms. The third-order valence-electron chi connectivity index (χ3n) is 1.02. The van der Waals surface area contributed by atoms with Crippen LogP contribution in [0.4, 0.5) is 0 Å². The molecule has 0 aromatic carbocycles. The molecule has 0 aromatic heterocycles. The maximum Gasteiger partial charge on any atom is 0.185 e. The van der Waals surface area contributed by atoms with Gasteiger partial charge in [0.25, 0.3) is 0 Å². The standard InChI is InChI=1S/C7H14ClNOSi/c1-6(8)7(5-9)10-11(2,3)4/h6-7H,1-4H3. The van der Waals surface area contributed by atoms with Crippen LogP contribution in [-0.2, 0) is 4.43 Å². The van der Waals surface area contributed by atoms with Crippen molar-refractivity contribution in [2.45, 2.75) is 38.0 Å². The molecule has 0 N–H and O–H groups in total. The average molecular weight is 192 g/mol. The van der Waals surface area contributed by atoms with Crippen molar-refractivity contribution in [3.8, 4) is 6.07 Å². The highest BCUT2D eigenvalue weighted by molar-refractivity contribution is 6.69. The predicted octanol–water partition coefficient (Wildman–Crippen LogP) is 2.36. The van der Waals surface area contributed by atoms with Crippen molar-refractivity contribution in [1.82, 2.24) is 0 Å². The SMILES string of the molecule is CC(Cl)C(C#N)O[Si](C)(C)C. The molecular formula is C7H14ClNOSi. The van der Waals surface area contributed by atoms with Crippen LogP contribution in [0.25, 0.3) is 0 Å². The number of alkyl halides is 1. The molecule has 0 saturated carbocycles. The van der Waals surface area contributed by atoms with E-state index >= 15 is 0 Å². The van der Waals surface area contributed by atoms with Crippen molar-refractivity contribution < 1.29 is 4.43 Å². The fraction of sp³-hybridized carbons (Fsp3) is 0.857. The van der Waals surface area contributed by atoms with Gasteiger partial charge < -0.3 is 4.43 Å². The maximum atomic E-state index is 8.62. The topological polar surface area (TPSA) is 33.0 Å². The monoisotopic (exact) mass is 191 g/mol. The van der Waals surface area contributed by atoms with Gasteiger partial charge in [-0.3, -0.25) is 0 Å². The first-order valence-corrected chi connectivity index (χ1v) is 7.43. The molecule has 11 heavy (non-hydrogen) atoms. The molecule has 2 unspecified atom stereocenters. The minimum absolute atomic E-state index is 0.230. The van der Waals surface area contributed by atoms with E-state index in [1.807, 2.05) is 25.7 Å². The van der Waals surface area contributed by atoms with Gasteiger partial charge in [0.1, 0.15) is 6.10 Å². The van der Waals surface area contributed by atoms with E-state index in [1.54, 1.807) is 6.92 Å². The minimum atomic E-state index is -1.61. The summed E-state index contributed by atoms with van der Waals surface area (Å²) in [7, 11) is -1.61. The molecule has 2 atom stereocenters. The van der Waals surface area contributed by atoms with Crippen molar-refractivity contribution in [1.29, 1.82) is 5.26 Å². The van der Waals surface area contributed by atoms with Crippen LogP contribution in [-0.4, -0.2) is 19.8 Å². The summed E-state index contributed by atoms with van der Waals surface area (Å²) in [5, 5.41) is 8.39. The van der Waals surface area contributed by atoms with Gasteiger partial charge in [-0.05, 0) is 26.6 Å². The molecule has 0 spiro atoms. The van der Waals surface area contributed by atoms with Crippen molar-refractivity contribution >= 4 is 19.9 Å². The number of nitriles is 1. The van der Waals surface area contributed by atoms with E-state index in [9.17, 15) is 0 Å². The second kappa shape index (κ2) is 4.10. The zero-order chi connectivity index (χ0) is 9.07. The maximum absolute atomic E-state index is 8.62. The summed E-state index contributed by atoms with van der Waals surface area (Å²) >= 11 is 5.72. The van der Waals surface area contributed by atoms with Gasteiger partial charge in [-0.25, -0.2) is 0 Å². The first kappa shape index (κ1) is 11.0. The summed E-state index contributed by atoms with van der Waals surface area (Å²) in [6.45, 7) is 7.89. The Morgan fingerprint density at radius 2 is 1.91 bits per heavy atom. The van der Waals surface area contributed by atoms with Gasteiger partial charge in [-0.2, -0.15) is 5.26 Å². The highest BCUT2D eigenvalue weighted by atomic mass is 35.5. The first-order valence-electron chi connectivity index (χ1n) is 3.58. The Bertz CT molecular complexity index is 159. The Balaban J connectivity index is 4.02. The molecule has 0 bridgehead atoms. The molecule has 0 amide bonds. The van der Waals surface area contributed by atoms with E-state index in [0.29, 0.717) is 0 Å². The summed E-state index contributed by atoms with van der Waals surface area (Å²) in [5.74, 6) is 0. The molecular weight excluding hydrogens is 178 g/mol. The molecule has 2 nitrogen and oxygen atoms in total. The molecule has 0 rings (SSSR count). The molecule has 0 aliphatic rings. The summed E-state index contributed by atoms with van der Waals surface area (Å²) in [6.07, 6.45) is -0.455. The van der Waals surface area contributed by atoms with Crippen LogP contribution in [0.1, 0.15) is 6.92 Å². The van der Waals surface area contributed by atoms with Gasteiger partial charge in [-0.1, -0.05) is 0 Å². The number of rotatable bonds is 3. The summed E-state index contributed by atoms with van der Waals surface area (Å²) < 4.78 is 5.49. The lowest BCUT2D eigenvalue weighted by Gasteiger charge is -2.22. The number of hydrogen-bond acceptors (Lipinski definition) is 2. The smallest absolute Gasteiger partial charge is 0.185 e. The van der Waals surface area contributed by atoms with E-state index in [0.717, 1.165) is 0 Å². The Hall–Kier alpha value is -0.0431. The third kappa shape index (κ3) is 5.25. The minimum Gasteiger partial charge on any atom is -0.401 e. The third-order valence-corrected chi connectivity index (χ3v) is 2.21. The van der Waals surface area contributed by atoms with Crippen molar-refractivity contribution in [2.75, 3.05) is 0 Å². The fourth-order valence-electron chi connectivity index (χ4n) is 0.604. The van der Waals surface area contributed by atoms with Gasteiger partial charge in [0.2, 0.25) is 0 Å².